The van der Waals surface area contributed by atoms with E-state index in [-0.39, 0.29) is 17.1 Å². The number of ketones is 1. The molecule has 37 heavy (non-hydrogen) atoms. The van der Waals surface area contributed by atoms with E-state index in [1.165, 1.54) is 17.0 Å². The van der Waals surface area contributed by atoms with Crippen LogP contribution in [0.4, 0.5) is 11.4 Å². The Morgan fingerprint density at radius 1 is 0.892 bits per heavy atom. The number of aromatic hydroxyl groups is 1. The molecule has 1 atom stereocenters. The van der Waals surface area contributed by atoms with Gasteiger partial charge in [-0.15, -0.1) is 0 Å². The van der Waals surface area contributed by atoms with Crippen molar-refractivity contribution in [1.82, 2.24) is 0 Å². The Balaban J connectivity index is 1.43. The molecular weight excluding hydrogens is 492 g/mol. The summed E-state index contributed by atoms with van der Waals surface area (Å²) in [5, 5.41) is 22.0. The number of carbonyl (C=O) groups is 2. The highest BCUT2D eigenvalue weighted by Crippen LogP contribution is 2.43. The summed E-state index contributed by atoms with van der Waals surface area (Å²) in [5.74, 6) is -1.89. The van der Waals surface area contributed by atoms with Gasteiger partial charge in [0.25, 0.3) is 5.91 Å². The zero-order valence-corrected chi connectivity index (χ0v) is 20.5. The Bertz CT molecular complexity index is 1550. The number of carbonyl (C=O) groups excluding carboxylic acids is 2. The van der Waals surface area contributed by atoms with Crippen molar-refractivity contribution in [1.29, 1.82) is 0 Å². The molecular formula is C29H23ClN2O5. The standard InChI is InChI=1S/C29H23ClN2O5/c30-19-5-12-23-18(15-19)16-24(37-23)27(34)25-26(17-3-10-22(33)11-4-17)32(29(36)28(25)35)21-8-6-20(7-9-21)31-13-1-2-14-31/h3-12,15-16,26,33,35H,1-2,13-14H2. The lowest BCUT2D eigenvalue weighted by atomic mass is 9.94. The smallest absolute Gasteiger partial charge is 0.294 e. The fraction of sp³-hybridized carbons (Fsp3) is 0.172. The van der Waals surface area contributed by atoms with Crippen molar-refractivity contribution in [3.63, 3.8) is 0 Å². The molecule has 4 aromatic rings. The van der Waals surface area contributed by atoms with E-state index in [1.54, 1.807) is 36.4 Å². The lowest BCUT2D eigenvalue weighted by Gasteiger charge is -2.27. The van der Waals surface area contributed by atoms with Crippen molar-refractivity contribution in [3.05, 3.63) is 100 Å². The SMILES string of the molecule is O=C(C1=C(O)C(=O)N(c2ccc(N3CCCC3)cc2)C1c1ccc(O)cc1)c1cc2cc(Cl)ccc2o1. The third kappa shape index (κ3) is 4.01. The first-order chi connectivity index (χ1) is 17.9. The van der Waals surface area contributed by atoms with Crippen molar-refractivity contribution >= 4 is 45.6 Å². The summed E-state index contributed by atoms with van der Waals surface area (Å²) >= 11 is 6.08. The normalized spacial score (nSPS) is 17.9. The predicted octanol–water partition coefficient (Wildman–Crippen LogP) is 6.17. The number of phenols is 1. The molecule has 0 aliphatic carbocycles. The number of furan rings is 1. The summed E-state index contributed by atoms with van der Waals surface area (Å²) < 4.78 is 5.77. The summed E-state index contributed by atoms with van der Waals surface area (Å²) in [6, 6.07) is 19.4. The number of aliphatic hydroxyl groups is 1. The lowest BCUT2D eigenvalue weighted by Crippen LogP contribution is -2.31. The van der Waals surface area contributed by atoms with Gasteiger partial charge >= 0.3 is 0 Å². The Kier molecular flexibility index (Phi) is 5.65. The number of nitrogens with zero attached hydrogens (tertiary/aromatic N) is 2. The molecule has 0 bridgehead atoms. The second-order valence-corrected chi connectivity index (χ2v) is 9.70. The van der Waals surface area contributed by atoms with E-state index >= 15 is 0 Å². The molecule has 0 spiro atoms. The Hall–Kier alpha value is -4.23. The summed E-state index contributed by atoms with van der Waals surface area (Å²) in [6.45, 7) is 1.98. The molecule has 8 heteroatoms. The summed E-state index contributed by atoms with van der Waals surface area (Å²) in [7, 11) is 0. The number of hydrogen-bond donors (Lipinski definition) is 2. The highest BCUT2D eigenvalue weighted by Gasteiger charge is 2.45. The molecule has 0 saturated carbocycles. The number of rotatable bonds is 5. The molecule has 1 saturated heterocycles. The van der Waals surface area contributed by atoms with Gasteiger partial charge in [-0.25, -0.2) is 0 Å². The number of aliphatic hydroxyl groups excluding tert-OH is 1. The minimum absolute atomic E-state index is 0.0124. The largest absolute Gasteiger partial charge is 0.508 e. The fourth-order valence-corrected chi connectivity index (χ4v) is 5.31. The van der Waals surface area contributed by atoms with Crippen LogP contribution < -0.4 is 9.80 Å². The van der Waals surface area contributed by atoms with Gasteiger partial charge in [-0.05, 0) is 79.1 Å². The van der Waals surface area contributed by atoms with Crippen molar-refractivity contribution in [2.24, 2.45) is 0 Å². The third-order valence-electron chi connectivity index (χ3n) is 6.96. The van der Waals surface area contributed by atoms with Gasteiger partial charge in [0.05, 0.1) is 11.6 Å². The second-order valence-electron chi connectivity index (χ2n) is 9.26. The van der Waals surface area contributed by atoms with Crippen LogP contribution >= 0.6 is 11.6 Å². The lowest BCUT2D eigenvalue weighted by molar-refractivity contribution is -0.117. The number of phenolic OH excluding ortho intramolecular Hbond substituents is 1. The Morgan fingerprint density at radius 2 is 1.57 bits per heavy atom. The minimum atomic E-state index is -0.921. The zero-order chi connectivity index (χ0) is 25.7. The molecule has 1 amide bonds. The van der Waals surface area contributed by atoms with E-state index in [4.69, 9.17) is 16.0 Å². The number of hydrogen-bond acceptors (Lipinski definition) is 6. The summed E-state index contributed by atoms with van der Waals surface area (Å²) in [5.41, 5.74) is 2.53. The van der Waals surface area contributed by atoms with Crippen molar-refractivity contribution in [3.8, 4) is 5.75 Å². The van der Waals surface area contributed by atoms with Crippen LogP contribution in [0, 0.1) is 0 Å². The molecule has 2 aliphatic heterocycles. The molecule has 3 heterocycles. The van der Waals surface area contributed by atoms with E-state index in [0.29, 0.717) is 27.2 Å². The van der Waals surface area contributed by atoms with Crippen LogP contribution in [0.25, 0.3) is 11.0 Å². The molecule has 1 fully saturated rings. The van der Waals surface area contributed by atoms with Crippen LogP contribution in [0.1, 0.15) is 35.0 Å². The minimum Gasteiger partial charge on any atom is -0.508 e. The number of Topliss-reactive ketones (excluding diaryl/α,β-unsaturated/α-hetero) is 1. The van der Waals surface area contributed by atoms with E-state index in [9.17, 15) is 19.8 Å². The van der Waals surface area contributed by atoms with Gasteiger partial charge < -0.3 is 19.5 Å². The highest BCUT2D eigenvalue weighted by molar-refractivity contribution is 6.31. The number of halogens is 1. The fourth-order valence-electron chi connectivity index (χ4n) is 5.13. The van der Waals surface area contributed by atoms with Crippen molar-refractivity contribution < 1.29 is 24.2 Å². The Morgan fingerprint density at radius 3 is 2.27 bits per heavy atom. The molecule has 3 aromatic carbocycles. The van der Waals surface area contributed by atoms with Gasteiger partial charge in [-0.2, -0.15) is 0 Å². The van der Waals surface area contributed by atoms with Gasteiger partial charge in [0.2, 0.25) is 5.78 Å². The molecule has 0 radical (unpaired) electrons. The average molecular weight is 515 g/mol. The maximum absolute atomic E-state index is 13.7. The molecule has 1 aromatic heterocycles. The van der Waals surface area contributed by atoms with Crippen LogP contribution in [0.15, 0.2) is 88.5 Å². The number of fused-ring (bicyclic) bond motifs is 1. The topological polar surface area (TPSA) is 94.2 Å². The van der Waals surface area contributed by atoms with Crippen LogP contribution in [0.2, 0.25) is 5.02 Å². The van der Waals surface area contributed by atoms with Crippen LogP contribution in [0.5, 0.6) is 5.75 Å². The highest BCUT2D eigenvalue weighted by atomic mass is 35.5. The third-order valence-corrected chi connectivity index (χ3v) is 7.20. The van der Waals surface area contributed by atoms with Gasteiger partial charge in [0.15, 0.2) is 11.5 Å². The predicted molar refractivity (Wildman–Crippen MR) is 141 cm³/mol. The monoisotopic (exact) mass is 514 g/mol. The summed E-state index contributed by atoms with van der Waals surface area (Å²) in [4.78, 5) is 30.8. The number of benzene rings is 3. The van der Waals surface area contributed by atoms with Crippen LogP contribution in [-0.4, -0.2) is 35.0 Å². The second kappa shape index (κ2) is 9.01. The van der Waals surface area contributed by atoms with E-state index in [0.717, 1.165) is 31.6 Å². The Labute approximate surface area is 217 Å². The number of anilines is 2. The first-order valence-corrected chi connectivity index (χ1v) is 12.4. The van der Waals surface area contributed by atoms with E-state index in [2.05, 4.69) is 4.90 Å². The average Bonchev–Trinajstić information content (AvgIpc) is 3.63. The first kappa shape index (κ1) is 23.2. The van der Waals surface area contributed by atoms with E-state index < -0.39 is 23.5 Å². The molecule has 6 rings (SSSR count). The van der Waals surface area contributed by atoms with Gasteiger partial charge in [0, 0.05) is 34.9 Å². The quantitative estimate of drug-likeness (QED) is 0.309. The summed E-state index contributed by atoms with van der Waals surface area (Å²) in [6.07, 6.45) is 2.29. The van der Waals surface area contributed by atoms with Gasteiger partial charge in [-0.1, -0.05) is 23.7 Å². The molecule has 186 valence electrons. The molecule has 1 unspecified atom stereocenters. The van der Waals surface area contributed by atoms with Crippen LogP contribution in [0.3, 0.4) is 0 Å². The van der Waals surface area contributed by atoms with Crippen molar-refractivity contribution in [2.45, 2.75) is 18.9 Å². The molecule has 2 aliphatic rings. The molecule has 7 nitrogen and oxygen atoms in total. The maximum atomic E-state index is 13.7. The number of amides is 1. The van der Waals surface area contributed by atoms with Crippen molar-refractivity contribution in [2.75, 3.05) is 22.9 Å². The van der Waals surface area contributed by atoms with E-state index in [1.807, 2.05) is 24.3 Å². The molecule has 2 N–H and O–H groups in total. The van der Waals surface area contributed by atoms with Crippen LogP contribution in [-0.2, 0) is 4.79 Å². The first-order valence-electron chi connectivity index (χ1n) is 12.0. The zero-order valence-electron chi connectivity index (χ0n) is 19.7. The van der Waals surface area contributed by atoms with Gasteiger partial charge in [0.1, 0.15) is 11.3 Å². The maximum Gasteiger partial charge on any atom is 0.294 e. The van der Waals surface area contributed by atoms with Gasteiger partial charge in [-0.3, -0.25) is 14.5 Å².